The van der Waals surface area contributed by atoms with Crippen LogP contribution in [0.15, 0.2) is 52.7 Å². The summed E-state index contributed by atoms with van der Waals surface area (Å²) < 4.78 is 27.2. The minimum Gasteiger partial charge on any atom is -0.323 e. The van der Waals surface area contributed by atoms with E-state index < -0.39 is 10.0 Å². The summed E-state index contributed by atoms with van der Waals surface area (Å²) in [4.78, 5) is 13.2. The van der Waals surface area contributed by atoms with E-state index in [-0.39, 0.29) is 16.8 Å². The van der Waals surface area contributed by atoms with Crippen LogP contribution < -0.4 is 5.32 Å². The molecule has 1 aliphatic rings. The molecular weight excluding hydrogens is 380 g/mol. The summed E-state index contributed by atoms with van der Waals surface area (Å²) in [6, 6.07) is 10.3. The van der Waals surface area contributed by atoms with Crippen LogP contribution in [0.2, 0.25) is 0 Å². The molecule has 1 amide bonds. The lowest BCUT2D eigenvalue weighted by molar-refractivity contribution is -0.111. The van der Waals surface area contributed by atoms with Crippen molar-refractivity contribution in [2.75, 3.05) is 12.4 Å². The Bertz CT molecular complexity index is 882. The molecule has 0 aliphatic heterocycles. The molecule has 1 fully saturated rings. The maximum atomic E-state index is 12.8. The monoisotopic (exact) mass is 404 g/mol. The predicted octanol–water partition coefficient (Wildman–Crippen LogP) is 4.35. The van der Waals surface area contributed by atoms with Crippen LogP contribution in [0.4, 0.5) is 5.69 Å². The standard InChI is InChI=1S/C20H24N2O3S2/c1-22(17-6-3-2-4-7-17)27(24,25)19-12-9-16(10-13-19)21-20(23)14-11-18-8-5-15-26-18/h5,8-15,17H,2-4,6-7H2,1H3,(H,21,23)/b14-11+. The molecule has 144 valence electrons. The highest BCUT2D eigenvalue weighted by molar-refractivity contribution is 7.89. The highest BCUT2D eigenvalue weighted by atomic mass is 32.2. The maximum Gasteiger partial charge on any atom is 0.248 e. The van der Waals surface area contributed by atoms with E-state index >= 15 is 0 Å². The van der Waals surface area contributed by atoms with Gasteiger partial charge < -0.3 is 5.32 Å². The molecule has 1 aromatic carbocycles. The summed E-state index contributed by atoms with van der Waals surface area (Å²) in [5.74, 6) is -0.252. The number of rotatable bonds is 6. The molecule has 5 nitrogen and oxygen atoms in total. The number of thiophene rings is 1. The van der Waals surface area contributed by atoms with Crippen molar-refractivity contribution in [3.8, 4) is 0 Å². The minimum absolute atomic E-state index is 0.0746. The Morgan fingerprint density at radius 1 is 1.15 bits per heavy atom. The number of hydrogen-bond acceptors (Lipinski definition) is 4. The molecule has 0 unspecified atom stereocenters. The van der Waals surface area contributed by atoms with Gasteiger partial charge >= 0.3 is 0 Å². The summed E-state index contributed by atoms with van der Waals surface area (Å²) in [5.41, 5.74) is 0.565. The fourth-order valence-corrected chi connectivity index (χ4v) is 5.28. The first-order valence-electron chi connectivity index (χ1n) is 9.07. The van der Waals surface area contributed by atoms with Crippen molar-refractivity contribution in [3.05, 3.63) is 52.7 Å². The number of sulfonamides is 1. The Morgan fingerprint density at radius 2 is 1.85 bits per heavy atom. The molecule has 7 heteroatoms. The maximum absolute atomic E-state index is 12.8. The van der Waals surface area contributed by atoms with Gasteiger partial charge in [0.15, 0.2) is 0 Å². The Labute approximate surface area is 164 Å². The van der Waals surface area contributed by atoms with Crippen LogP contribution >= 0.6 is 11.3 Å². The average molecular weight is 405 g/mol. The van der Waals surface area contributed by atoms with Gasteiger partial charge in [-0.15, -0.1) is 11.3 Å². The van der Waals surface area contributed by atoms with Crippen molar-refractivity contribution in [1.29, 1.82) is 0 Å². The van der Waals surface area contributed by atoms with Gasteiger partial charge in [0.25, 0.3) is 0 Å². The van der Waals surface area contributed by atoms with E-state index in [2.05, 4.69) is 5.32 Å². The topological polar surface area (TPSA) is 66.5 Å². The molecule has 1 aromatic heterocycles. The summed E-state index contributed by atoms with van der Waals surface area (Å²) in [6.45, 7) is 0. The molecule has 3 rings (SSSR count). The van der Waals surface area contributed by atoms with Crippen molar-refractivity contribution in [1.82, 2.24) is 4.31 Å². The highest BCUT2D eigenvalue weighted by Gasteiger charge is 2.28. The summed E-state index contributed by atoms with van der Waals surface area (Å²) in [6.07, 6.45) is 8.38. The molecule has 1 saturated carbocycles. The molecule has 2 aromatic rings. The van der Waals surface area contributed by atoms with Gasteiger partial charge in [-0.3, -0.25) is 4.79 Å². The number of nitrogens with one attached hydrogen (secondary N) is 1. The number of anilines is 1. The third-order valence-electron chi connectivity index (χ3n) is 4.83. The van der Waals surface area contributed by atoms with Crippen LogP contribution in [0.3, 0.4) is 0 Å². The average Bonchev–Trinajstić information content (AvgIpc) is 3.20. The first-order chi connectivity index (χ1) is 13.0. The molecule has 1 aliphatic carbocycles. The molecule has 1 heterocycles. The molecule has 0 atom stereocenters. The third kappa shape index (κ3) is 5.06. The van der Waals surface area contributed by atoms with E-state index in [1.165, 1.54) is 16.8 Å². The lowest BCUT2D eigenvalue weighted by Gasteiger charge is -2.30. The molecular formula is C20H24N2O3S2. The lowest BCUT2D eigenvalue weighted by atomic mass is 9.96. The Hall–Kier alpha value is -1.96. The van der Waals surface area contributed by atoms with E-state index in [9.17, 15) is 13.2 Å². The van der Waals surface area contributed by atoms with Crippen molar-refractivity contribution in [2.45, 2.75) is 43.0 Å². The summed E-state index contributed by atoms with van der Waals surface area (Å²) in [7, 11) is -1.85. The SMILES string of the molecule is CN(C1CCCCC1)S(=O)(=O)c1ccc(NC(=O)/C=C/c2cccs2)cc1. The van der Waals surface area contributed by atoms with Crippen LogP contribution in [-0.4, -0.2) is 31.7 Å². The number of benzene rings is 1. The van der Waals surface area contributed by atoms with Gasteiger partial charge in [0, 0.05) is 29.7 Å². The zero-order chi connectivity index (χ0) is 19.3. The number of carbonyl (C=O) groups is 1. The predicted molar refractivity (Wildman–Crippen MR) is 110 cm³/mol. The fourth-order valence-electron chi connectivity index (χ4n) is 3.25. The van der Waals surface area contributed by atoms with Gasteiger partial charge in [-0.1, -0.05) is 25.3 Å². The zero-order valence-corrected chi connectivity index (χ0v) is 16.9. The van der Waals surface area contributed by atoms with Crippen LogP contribution in [0.25, 0.3) is 6.08 Å². The van der Waals surface area contributed by atoms with Crippen molar-refractivity contribution >= 4 is 39.0 Å². The van der Waals surface area contributed by atoms with Crippen molar-refractivity contribution < 1.29 is 13.2 Å². The second-order valence-electron chi connectivity index (χ2n) is 6.68. The third-order valence-corrected chi connectivity index (χ3v) is 7.59. The van der Waals surface area contributed by atoms with Gasteiger partial charge in [0.05, 0.1) is 4.90 Å². The molecule has 0 spiro atoms. The van der Waals surface area contributed by atoms with Crippen LogP contribution in [-0.2, 0) is 14.8 Å². The smallest absolute Gasteiger partial charge is 0.248 e. The van der Waals surface area contributed by atoms with E-state index in [0.29, 0.717) is 5.69 Å². The zero-order valence-electron chi connectivity index (χ0n) is 15.3. The fraction of sp³-hybridized carbons (Fsp3) is 0.350. The van der Waals surface area contributed by atoms with Crippen molar-refractivity contribution in [2.24, 2.45) is 0 Å². The normalized spacial score (nSPS) is 16.1. The second-order valence-corrected chi connectivity index (χ2v) is 9.65. The van der Waals surface area contributed by atoms with E-state index in [1.54, 1.807) is 48.7 Å². The molecule has 0 saturated heterocycles. The Balaban J connectivity index is 1.64. The first-order valence-corrected chi connectivity index (χ1v) is 11.4. The quantitative estimate of drug-likeness (QED) is 0.728. The molecule has 1 N–H and O–H groups in total. The number of nitrogens with zero attached hydrogens (tertiary/aromatic N) is 1. The van der Waals surface area contributed by atoms with Gasteiger partial charge in [-0.05, 0) is 54.6 Å². The van der Waals surface area contributed by atoms with E-state index in [4.69, 9.17) is 0 Å². The van der Waals surface area contributed by atoms with Gasteiger partial charge in [-0.2, -0.15) is 4.31 Å². The van der Waals surface area contributed by atoms with E-state index in [0.717, 1.165) is 30.6 Å². The minimum atomic E-state index is -3.52. The Kier molecular flexibility index (Phi) is 6.46. The number of carbonyl (C=O) groups excluding carboxylic acids is 1. The summed E-state index contributed by atoms with van der Waals surface area (Å²) in [5, 5.41) is 4.69. The molecule has 0 radical (unpaired) electrons. The number of hydrogen-bond donors (Lipinski definition) is 1. The van der Waals surface area contributed by atoms with Gasteiger partial charge in [-0.25, -0.2) is 8.42 Å². The molecule has 0 bridgehead atoms. The van der Waals surface area contributed by atoms with Crippen LogP contribution in [0.1, 0.15) is 37.0 Å². The highest BCUT2D eigenvalue weighted by Crippen LogP contribution is 2.27. The molecule has 27 heavy (non-hydrogen) atoms. The van der Waals surface area contributed by atoms with E-state index in [1.807, 2.05) is 17.5 Å². The Morgan fingerprint density at radius 3 is 2.48 bits per heavy atom. The number of amides is 1. The van der Waals surface area contributed by atoms with Crippen molar-refractivity contribution in [3.63, 3.8) is 0 Å². The van der Waals surface area contributed by atoms with Crippen LogP contribution in [0, 0.1) is 0 Å². The summed E-state index contributed by atoms with van der Waals surface area (Å²) >= 11 is 1.55. The van der Waals surface area contributed by atoms with Gasteiger partial charge in [0.1, 0.15) is 0 Å². The lowest BCUT2D eigenvalue weighted by Crippen LogP contribution is -2.38. The first kappa shape index (κ1) is 19.8. The second kappa shape index (κ2) is 8.82. The van der Waals surface area contributed by atoms with Gasteiger partial charge in [0.2, 0.25) is 15.9 Å². The largest absolute Gasteiger partial charge is 0.323 e. The van der Waals surface area contributed by atoms with Crippen LogP contribution in [0.5, 0.6) is 0 Å².